The number of alkyl halides is 1. The van der Waals surface area contributed by atoms with E-state index in [9.17, 15) is 13.2 Å². The zero-order valence-electron chi connectivity index (χ0n) is 22.5. The van der Waals surface area contributed by atoms with Gasteiger partial charge >= 0.3 is 0 Å². The van der Waals surface area contributed by atoms with Gasteiger partial charge in [0.05, 0.1) is 6.61 Å². The van der Waals surface area contributed by atoms with Crippen LogP contribution in [0.25, 0.3) is 16.8 Å². The van der Waals surface area contributed by atoms with Crippen LogP contribution in [-0.2, 0) is 0 Å². The van der Waals surface area contributed by atoms with Gasteiger partial charge in [0.15, 0.2) is 11.6 Å². The van der Waals surface area contributed by atoms with E-state index in [-0.39, 0.29) is 11.6 Å². The van der Waals surface area contributed by atoms with Gasteiger partial charge in [-0.15, -0.1) is 0 Å². The van der Waals surface area contributed by atoms with Gasteiger partial charge in [-0.05, 0) is 92.4 Å². The van der Waals surface area contributed by atoms with Crippen LogP contribution in [0.3, 0.4) is 0 Å². The number of halogens is 3. The Morgan fingerprint density at radius 1 is 0.973 bits per heavy atom. The van der Waals surface area contributed by atoms with E-state index in [0.717, 1.165) is 45.4 Å². The van der Waals surface area contributed by atoms with Crippen molar-refractivity contribution in [3.8, 4) is 16.9 Å². The summed E-state index contributed by atoms with van der Waals surface area (Å²) < 4.78 is 50.4. The number of rotatable bonds is 10. The second kappa shape index (κ2) is 11.9. The van der Waals surface area contributed by atoms with E-state index in [1.54, 1.807) is 18.2 Å². The predicted molar refractivity (Wildman–Crippen MR) is 145 cm³/mol. The molecule has 2 aromatic carbocycles. The molecule has 2 saturated heterocycles. The minimum atomic E-state index is -1.11. The van der Waals surface area contributed by atoms with E-state index in [1.807, 2.05) is 19.9 Å². The van der Waals surface area contributed by atoms with Crippen molar-refractivity contribution in [2.75, 3.05) is 39.3 Å². The van der Waals surface area contributed by atoms with Gasteiger partial charge in [0.2, 0.25) is 0 Å². The van der Waals surface area contributed by atoms with Crippen LogP contribution in [0, 0.1) is 23.5 Å². The molecule has 1 atom stereocenters. The van der Waals surface area contributed by atoms with Crippen LogP contribution in [-0.4, -0.2) is 54.8 Å². The first-order chi connectivity index (χ1) is 17.7. The molecule has 0 N–H and O–H groups in total. The van der Waals surface area contributed by atoms with Gasteiger partial charge in [-0.2, -0.15) is 0 Å². The molecule has 0 bridgehead atoms. The van der Waals surface area contributed by atoms with E-state index in [2.05, 4.69) is 23.3 Å². The molecule has 2 aromatic rings. The summed E-state index contributed by atoms with van der Waals surface area (Å²) in [6.45, 7) is 14.5. The molecule has 0 saturated carbocycles. The third kappa shape index (κ3) is 6.70. The molecule has 2 aliphatic rings. The number of benzene rings is 2. The fourth-order valence-electron chi connectivity index (χ4n) is 5.47. The zero-order chi connectivity index (χ0) is 26.6. The fraction of sp³-hybridized carbons (Fsp3) is 0.548. The number of piperidine rings is 1. The lowest BCUT2D eigenvalue weighted by molar-refractivity contribution is 0.0565. The van der Waals surface area contributed by atoms with E-state index < -0.39 is 11.5 Å². The SMILES string of the molecule is C=C(c1ccc(-c2ccc(OCC3CCN(CC(F)(CC)CC)CC3)c(F)c2)cc1F)N1CCC(C)C1. The van der Waals surface area contributed by atoms with Gasteiger partial charge in [-0.3, -0.25) is 0 Å². The van der Waals surface area contributed by atoms with Crippen LogP contribution in [0.15, 0.2) is 43.0 Å². The Kier molecular flexibility index (Phi) is 8.89. The average molecular weight is 515 g/mol. The summed E-state index contributed by atoms with van der Waals surface area (Å²) in [4.78, 5) is 4.33. The molecule has 4 rings (SSSR count). The standard InChI is InChI=1S/C31H41F3N2O/c1-5-31(34,6-2)21-35-14-12-24(13-15-35)20-37-30-10-8-26(18-29(30)33)25-7-9-27(28(32)17-25)23(4)36-16-11-22(3)19-36/h7-10,17-18,22,24H,4-6,11-16,19-21H2,1-3H3. The molecule has 2 fully saturated rings. The number of hydrogen-bond donors (Lipinski definition) is 0. The molecular formula is C31H41F3N2O. The maximum absolute atomic E-state index is 15.0. The third-order valence-electron chi connectivity index (χ3n) is 8.31. The third-order valence-corrected chi connectivity index (χ3v) is 8.31. The first-order valence-corrected chi connectivity index (χ1v) is 13.8. The molecule has 0 aromatic heterocycles. The normalized spacial score (nSPS) is 19.4. The Balaban J connectivity index is 1.32. The quantitative estimate of drug-likeness (QED) is 0.325. The van der Waals surface area contributed by atoms with Crippen LogP contribution in [0.2, 0.25) is 0 Å². The van der Waals surface area contributed by atoms with Crippen molar-refractivity contribution in [1.82, 2.24) is 9.80 Å². The second-order valence-electron chi connectivity index (χ2n) is 11.0. The largest absolute Gasteiger partial charge is 0.490 e. The second-order valence-corrected chi connectivity index (χ2v) is 11.0. The van der Waals surface area contributed by atoms with Gasteiger partial charge < -0.3 is 14.5 Å². The molecule has 2 heterocycles. The lowest BCUT2D eigenvalue weighted by Gasteiger charge is -2.36. The summed E-state index contributed by atoms with van der Waals surface area (Å²) in [5.41, 5.74) is 1.30. The minimum Gasteiger partial charge on any atom is -0.490 e. The Hall–Kier alpha value is -2.47. The molecule has 1 unspecified atom stereocenters. The van der Waals surface area contributed by atoms with Crippen molar-refractivity contribution in [1.29, 1.82) is 0 Å². The summed E-state index contributed by atoms with van der Waals surface area (Å²) in [6, 6.07) is 9.79. The van der Waals surface area contributed by atoms with Gasteiger partial charge in [0.25, 0.3) is 0 Å². The van der Waals surface area contributed by atoms with Crippen LogP contribution >= 0.6 is 0 Å². The van der Waals surface area contributed by atoms with E-state index in [4.69, 9.17) is 4.74 Å². The van der Waals surface area contributed by atoms with Gasteiger partial charge in [0, 0.05) is 30.9 Å². The lowest BCUT2D eigenvalue weighted by Crippen LogP contribution is -2.44. The molecule has 202 valence electrons. The Labute approximate surface area is 220 Å². The summed E-state index contributed by atoms with van der Waals surface area (Å²) >= 11 is 0. The van der Waals surface area contributed by atoms with Gasteiger partial charge in [0.1, 0.15) is 11.5 Å². The molecule has 0 amide bonds. The van der Waals surface area contributed by atoms with Gasteiger partial charge in [-0.1, -0.05) is 39.5 Å². The van der Waals surface area contributed by atoms with E-state index in [1.165, 1.54) is 12.1 Å². The monoisotopic (exact) mass is 514 g/mol. The molecule has 0 spiro atoms. The topological polar surface area (TPSA) is 15.7 Å². The highest BCUT2D eigenvalue weighted by atomic mass is 19.1. The molecule has 0 radical (unpaired) electrons. The summed E-state index contributed by atoms with van der Waals surface area (Å²) in [5.74, 6) is 0.305. The van der Waals surface area contributed by atoms with E-state index >= 15 is 0 Å². The Morgan fingerprint density at radius 3 is 2.19 bits per heavy atom. The smallest absolute Gasteiger partial charge is 0.165 e. The maximum Gasteiger partial charge on any atom is 0.165 e. The van der Waals surface area contributed by atoms with Crippen molar-refractivity contribution in [3.63, 3.8) is 0 Å². The molecule has 0 aliphatic carbocycles. The summed E-state index contributed by atoms with van der Waals surface area (Å²) in [5, 5.41) is 0. The van der Waals surface area contributed by atoms with Crippen molar-refractivity contribution in [2.24, 2.45) is 11.8 Å². The fourth-order valence-corrected chi connectivity index (χ4v) is 5.47. The van der Waals surface area contributed by atoms with Gasteiger partial charge in [-0.25, -0.2) is 13.2 Å². The van der Waals surface area contributed by atoms with Crippen molar-refractivity contribution in [2.45, 2.75) is 58.5 Å². The lowest BCUT2D eigenvalue weighted by atomic mass is 9.94. The van der Waals surface area contributed by atoms with Crippen molar-refractivity contribution < 1.29 is 17.9 Å². The van der Waals surface area contributed by atoms with Crippen LogP contribution < -0.4 is 4.74 Å². The summed E-state index contributed by atoms with van der Waals surface area (Å²) in [6.07, 6.45) is 3.98. The first-order valence-electron chi connectivity index (χ1n) is 13.8. The highest BCUT2D eigenvalue weighted by molar-refractivity contribution is 5.70. The number of hydrogen-bond acceptors (Lipinski definition) is 3. The van der Waals surface area contributed by atoms with Crippen LogP contribution in [0.4, 0.5) is 13.2 Å². The zero-order valence-corrected chi connectivity index (χ0v) is 22.5. The molecule has 37 heavy (non-hydrogen) atoms. The molecule has 6 heteroatoms. The summed E-state index contributed by atoms with van der Waals surface area (Å²) in [7, 11) is 0. The number of nitrogens with zero attached hydrogens (tertiary/aromatic N) is 2. The average Bonchev–Trinajstić information content (AvgIpc) is 3.34. The molecule has 2 aliphatic heterocycles. The van der Waals surface area contributed by atoms with Crippen LogP contribution in [0.5, 0.6) is 5.75 Å². The van der Waals surface area contributed by atoms with Crippen LogP contribution in [0.1, 0.15) is 58.4 Å². The number of likely N-dealkylation sites (tertiary alicyclic amines) is 2. The maximum atomic E-state index is 15.0. The minimum absolute atomic E-state index is 0.208. The first kappa shape index (κ1) is 27.6. The van der Waals surface area contributed by atoms with E-state index in [0.29, 0.717) is 60.2 Å². The number of ether oxygens (including phenoxy) is 1. The highest BCUT2D eigenvalue weighted by Crippen LogP contribution is 2.32. The van der Waals surface area contributed by atoms with Crippen molar-refractivity contribution in [3.05, 3.63) is 60.2 Å². The molecular weight excluding hydrogens is 473 g/mol. The molecule has 3 nitrogen and oxygen atoms in total. The Morgan fingerprint density at radius 2 is 1.62 bits per heavy atom. The van der Waals surface area contributed by atoms with Crippen molar-refractivity contribution >= 4 is 5.70 Å². The highest BCUT2D eigenvalue weighted by Gasteiger charge is 2.30. The Bertz CT molecular complexity index is 1080. The predicted octanol–water partition coefficient (Wildman–Crippen LogP) is 7.56.